The number of ether oxygens (including phenoxy) is 1. The Balaban J connectivity index is 3.00. The van der Waals surface area contributed by atoms with Gasteiger partial charge in [0.15, 0.2) is 5.69 Å². The number of quaternary nitrogens is 1. The summed E-state index contributed by atoms with van der Waals surface area (Å²) in [4.78, 5) is 10.7. The molecule has 1 atom stereocenters. The number of hydrogen-bond donors (Lipinski definition) is 3. The van der Waals surface area contributed by atoms with E-state index in [0.29, 0.717) is 0 Å². The van der Waals surface area contributed by atoms with E-state index in [1.807, 2.05) is 0 Å². The molecule has 1 rings (SSSR count). The molecule has 0 spiro atoms. The summed E-state index contributed by atoms with van der Waals surface area (Å²) in [5, 5.41) is 19.6. The van der Waals surface area contributed by atoms with Crippen molar-refractivity contribution in [1.29, 1.82) is 0 Å². The average Bonchev–Trinajstić information content (AvgIpc) is 2.27. The number of rotatable bonds is 3. The fraction of sp³-hybridized carbons (Fsp3) is 0.222. The summed E-state index contributed by atoms with van der Waals surface area (Å²) in [6.45, 7) is 0. The molecule has 0 bridgehead atoms. The number of hydrogen-bond acceptors (Lipinski definition) is 4. The number of anilines is 1. The van der Waals surface area contributed by atoms with Crippen LogP contribution in [-0.4, -0.2) is 24.4 Å². The Kier molecular flexibility index (Phi) is 4.11. The molecule has 1 aromatic carbocycles. The molecule has 0 aliphatic heterocycles. The molecule has 6 nitrogen and oxygen atoms in total. The van der Waals surface area contributed by atoms with Crippen LogP contribution < -0.4 is 15.3 Å². The largest absolute Gasteiger partial charge is 0.595 e. The van der Waals surface area contributed by atoms with Gasteiger partial charge in [0.25, 0.3) is 0 Å². The van der Waals surface area contributed by atoms with Gasteiger partial charge >= 0.3 is 12.1 Å². The van der Waals surface area contributed by atoms with E-state index in [0.717, 1.165) is 25.3 Å². The van der Waals surface area contributed by atoms with E-state index in [4.69, 9.17) is 9.94 Å². The molecular weight excluding hydrogens is 257 g/mol. The predicted octanol–water partition coefficient (Wildman–Crippen LogP) is 0.599. The van der Waals surface area contributed by atoms with Crippen LogP contribution in [0.25, 0.3) is 0 Å². The minimum Gasteiger partial charge on any atom is -0.595 e. The maximum atomic E-state index is 12.0. The molecule has 0 aliphatic carbocycles. The van der Waals surface area contributed by atoms with Crippen molar-refractivity contribution in [2.24, 2.45) is 0 Å². The van der Waals surface area contributed by atoms with E-state index in [-0.39, 0.29) is 17.1 Å². The van der Waals surface area contributed by atoms with Crippen LogP contribution in [0.3, 0.4) is 0 Å². The number of benzene rings is 1. The van der Waals surface area contributed by atoms with E-state index in [1.165, 1.54) is 0 Å². The second-order valence-corrected chi connectivity index (χ2v) is 3.17. The van der Waals surface area contributed by atoms with E-state index in [9.17, 15) is 23.2 Å². The van der Waals surface area contributed by atoms with Gasteiger partial charge in [0, 0.05) is 12.1 Å². The fourth-order valence-corrected chi connectivity index (χ4v) is 1.12. The molecule has 1 aromatic rings. The third kappa shape index (κ3) is 3.32. The number of nitrogens with one attached hydrogen (secondary N) is 2. The Morgan fingerprint density at radius 2 is 2.11 bits per heavy atom. The molecule has 1 unspecified atom stereocenters. The summed E-state index contributed by atoms with van der Waals surface area (Å²) in [5.41, 5.74) is -0.429. The topological polar surface area (TPSA) is 86.1 Å². The first-order valence-corrected chi connectivity index (χ1v) is 4.55. The summed E-state index contributed by atoms with van der Waals surface area (Å²) >= 11 is 0. The summed E-state index contributed by atoms with van der Waals surface area (Å²) in [7, 11) is 1.14. The summed E-state index contributed by atoms with van der Waals surface area (Å²) in [5.74, 6) is -2.34. The Morgan fingerprint density at radius 1 is 1.50 bits per heavy atom. The highest BCUT2D eigenvalue weighted by Crippen LogP contribution is 2.28. The molecule has 0 fully saturated rings. The first-order chi connectivity index (χ1) is 8.25. The zero-order valence-electron chi connectivity index (χ0n) is 9.04. The van der Waals surface area contributed by atoms with Crippen molar-refractivity contribution >= 4 is 17.3 Å². The highest BCUT2D eigenvalue weighted by Gasteiger charge is 2.39. The van der Waals surface area contributed by atoms with Crippen molar-refractivity contribution in [2.75, 3.05) is 12.4 Å². The van der Waals surface area contributed by atoms with Gasteiger partial charge < -0.3 is 15.3 Å². The maximum absolute atomic E-state index is 12.0. The second-order valence-electron chi connectivity index (χ2n) is 3.17. The molecule has 0 aromatic heterocycles. The first-order valence-electron chi connectivity index (χ1n) is 4.55. The normalized spacial score (nSPS) is 13.0. The molecule has 1 amide bonds. The second kappa shape index (κ2) is 5.21. The first kappa shape index (κ1) is 14.2. The Bertz CT molecular complexity index is 448. The quantitative estimate of drug-likeness (QED) is 0.699. The molecular formula is C9H9F3N2O4. The molecule has 9 heteroatoms. The average molecular weight is 266 g/mol. The third-order valence-corrected chi connectivity index (χ3v) is 1.95. The van der Waals surface area contributed by atoms with Gasteiger partial charge in [-0.2, -0.15) is 18.4 Å². The van der Waals surface area contributed by atoms with E-state index < -0.39 is 17.3 Å². The number of carbonyl (C=O) groups excluding carboxylic acids is 1. The molecule has 0 saturated heterocycles. The van der Waals surface area contributed by atoms with Crippen LogP contribution in [0.5, 0.6) is 5.75 Å². The number of amides is 1. The molecule has 0 aliphatic rings. The smallest absolute Gasteiger partial charge is 0.471 e. The molecule has 0 saturated carbocycles. The van der Waals surface area contributed by atoms with E-state index in [1.54, 1.807) is 5.32 Å². The van der Waals surface area contributed by atoms with Crippen molar-refractivity contribution in [2.45, 2.75) is 6.18 Å². The van der Waals surface area contributed by atoms with E-state index >= 15 is 0 Å². The van der Waals surface area contributed by atoms with Crippen LogP contribution >= 0.6 is 0 Å². The highest BCUT2D eigenvalue weighted by molar-refractivity contribution is 5.96. The summed E-state index contributed by atoms with van der Waals surface area (Å²) in [6.07, 6.45) is -5.03. The predicted molar refractivity (Wildman–Crippen MR) is 53.5 cm³/mol. The molecule has 3 N–H and O–H groups in total. The van der Waals surface area contributed by atoms with Crippen LogP contribution in [0.1, 0.15) is 0 Å². The van der Waals surface area contributed by atoms with Gasteiger partial charge in [-0.3, -0.25) is 4.79 Å². The van der Waals surface area contributed by atoms with Gasteiger partial charge in [-0.1, -0.05) is 0 Å². The molecule has 0 heterocycles. The Labute approximate surface area is 99.1 Å². The van der Waals surface area contributed by atoms with Gasteiger partial charge in [-0.05, 0) is 6.07 Å². The monoisotopic (exact) mass is 266 g/mol. The Hall–Kier alpha value is -1.84. The SMILES string of the molecule is COc1cc([NH+]([O-])O)ccc1NC(=O)C(F)(F)F. The van der Waals surface area contributed by atoms with Crippen LogP contribution in [0.15, 0.2) is 18.2 Å². The highest BCUT2D eigenvalue weighted by atomic mass is 19.4. The molecule has 0 radical (unpaired) electrons. The number of carbonyl (C=O) groups is 1. The molecule has 18 heavy (non-hydrogen) atoms. The lowest BCUT2D eigenvalue weighted by atomic mass is 10.2. The maximum Gasteiger partial charge on any atom is 0.471 e. The lowest BCUT2D eigenvalue weighted by molar-refractivity contribution is -0.991. The van der Waals surface area contributed by atoms with Crippen molar-refractivity contribution in [1.82, 2.24) is 0 Å². The fourth-order valence-electron chi connectivity index (χ4n) is 1.12. The van der Waals surface area contributed by atoms with Crippen LogP contribution in [0.4, 0.5) is 24.5 Å². The molecule has 100 valence electrons. The van der Waals surface area contributed by atoms with Crippen LogP contribution in [0.2, 0.25) is 0 Å². The minimum atomic E-state index is -5.03. The van der Waals surface area contributed by atoms with Crippen molar-refractivity contribution in [3.05, 3.63) is 23.4 Å². The van der Waals surface area contributed by atoms with Gasteiger partial charge in [-0.15, -0.1) is 0 Å². The number of methoxy groups -OCH3 is 1. The minimum absolute atomic E-state index is 0.170. The standard InChI is InChI=1S/C9H9F3N2O4/c1-18-7-4-5(14(16)17)2-3-6(7)13-8(15)9(10,11)12/h2-4,14,16H,1H3,(H,13,15). The van der Waals surface area contributed by atoms with E-state index in [2.05, 4.69) is 0 Å². The van der Waals surface area contributed by atoms with Crippen LogP contribution in [0, 0.1) is 5.21 Å². The van der Waals surface area contributed by atoms with Crippen molar-refractivity contribution in [3.63, 3.8) is 0 Å². The van der Waals surface area contributed by atoms with Gasteiger partial charge in [-0.25, -0.2) is 5.21 Å². The van der Waals surface area contributed by atoms with Gasteiger partial charge in [0.1, 0.15) is 5.75 Å². The van der Waals surface area contributed by atoms with Crippen LogP contribution in [-0.2, 0) is 4.79 Å². The summed E-state index contributed by atoms with van der Waals surface area (Å²) < 4.78 is 40.8. The van der Waals surface area contributed by atoms with Crippen molar-refractivity contribution in [3.8, 4) is 5.75 Å². The van der Waals surface area contributed by atoms with Crippen molar-refractivity contribution < 1.29 is 33.1 Å². The lowest BCUT2D eigenvalue weighted by Gasteiger charge is -2.15. The Morgan fingerprint density at radius 3 is 2.56 bits per heavy atom. The lowest BCUT2D eigenvalue weighted by Crippen LogP contribution is -2.99. The zero-order chi connectivity index (χ0) is 13.9. The van der Waals surface area contributed by atoms with Gasteiger partial charge in [0.2, 0.25) is 0 Å². The zero-order valence-corrected chi connectivity index (χ0v) is 9.04. The summed E-state index contributed by atoms with van der Waals surface area (Å²) in [6, 6.07) is 3.08. The van der Waals surface area contributed by atoms with Gasteiger partial charge in [0.05, 0.1) is 12.8 Å². The number of halogens is 3. The number of alkyl halides is 3. The third-order valence-electron chi connectivity index (χ3n) is 1.95.